The summed E-state index contributed by atoms with van der Waals surface area (Å²) in [6, 6.07) is 0. The second kappa shape index (κ2) is 4.77. The molecule has 0 aliphatic carbocycles. The van der Waals surface area contributed by atoms with Crippen LogP contribution in [0.25, 0.3) is 0 Å². The second-order valence-corrected chi connectivity index (χ2v) is 4.20. The molecule has 0 N–H and O–H groups in total. The van der Waals surface area contributed by atoms with E-state index < -0.39 is 0 Å². The fourth-order valence-electron chi connectivity index (χ4n) is 0.753. The standard InChI is InChI=1S/C7H12BrN3S/c1-11(2)7-9-6(10-12-7)4-3-5-8/h3-5H2,1-2H3. The number of rotatable bonds is 4. The van der Waals surface area contributed by atoms with Crippen molar-refractivity contribution < 1.29 is 0 Å². The Morgan fingerprint density at radius 2 is 2.25 bits per heavy atom. The zero-order chi connectivity index (χ0) is 8.97. The molecule has 3 nitrogen and oxygen atoms in total. The van der Waals surface area contributed by atoms with E-state index in [0.717, 1.165) is 29.1 Å². The Balaban J connectivity index is 2.52. The molecule has 68 valence electrons. The van der Waals surface area contributed by atoms with Gasteiger partial charge in [0.2, 0.25) is 5.13 Å². The molecular formula is C7H12BrN3S. The molecule has 0 radical (unpaired) electrons. The fraction of sp³-hybridized carbons (Fsp3) is 0.714. The van der Waals surface area contributed by atoms with Crippen molar-refractivity contribution in [3.05, 3.63) is 5.82 Å². The Labute approximate surface area is 85.1 Å². The number of anilines is 1. The maximum atomic E-state index is 4.36. The smallest absolute Gasteiger partial charge is 0.204 e. The summed E-state index contributed by atoms with van der Waals surface area (Å²) < 4.78 is 4.24. The van der Waals surface area contributed by atoms with E-state index in [-0.39, 0.29) is 0 Å². The van der Waals surface area contributed by atoms with E-state index in [1.807, 2.05) is 19.0 Å². The molecule has 1 rings (SSSR count). The van der Waals surface area contributed by atoms with Crippen LogP contribution in [0, 0.1) is 0 Å². The van der Waals surface area contributed by atoms with Crippen molar-refractivity contribution >= 4 is 32.6 Å². The third kappa shape index (κ3) is 2.71. The van der Waals surface area contributed by atoms with Gasteiger partial charge in [0.25, 0.3) is 0 Å². The van der Waals surface area contributed by atoms with Crippen LogP contribution in [0.3, 0.4) is 0 Å². The van der Waals surface area contributed by atoms with Gasteiger partial charge in [-0.1, -0.05) is 15.9 Å². The van der Waals surface area contributed by atoms with Crippen LogP contribution >= 0.6 is 27.5 Å². The van der Waals surface area contributed by atoms with E-state index >= 15 is 0 Å². The summed E-state index contributed by atoms with van der Waals surface area (Å²) in [6.07, 6.45) is 2.07. The molecule has 0 fully saturated rings. The Kier molecular flexibility index (Phi) is 3.94. The lowest BCUT2D eigenvalue weighted by Gasteiger charge is -2.03. The highest BCUT2D eigenvalue weighted by Gasteiger charge is 2.03. The minimum absolute atomic E-state index is 0.961. The van der Waals surface area contributed by atoms with Gasteiger partial charge in [0, 0.05) is 37.4 Å². The Hall–Kier alpha value is -0.160. The highest BCUT2D eigenvalue weighted by Crippen LogP contribution is 2.14. The van der Waals surface area contributed by atoms with E-state index in [0.29, 0.717) is 0 Å². The van der Waals surface area contributed by atoms with E-state index in [4.69, 9.17) is 0 Å². The highest BCUT2D eigenvalue weighted by molar-refractivity contribution is 9.09. The Bertz CT molecular complexity index is 236. The second-order valence-electron chi connectivity index (χ2n) is 2.68. The van der Waals surface area contributed by atoms with Crippen molar-refractivity contribution in [1.29, 1.82) is 0 Å². The number of nitrogens with zero attached hydrogens (tertiary/aromatic N) is 3. The first-order chi connectivity index (χ1) is 5.74. The van der Waals surface area contributed by atoms with E-state index in [1.165, 1.54) is 11.5 Å². The summed E-state index contributed by atoms with van der Waals surface area (Å²) in [7, 11) is 3.96. The minimum Gasteiger partial charge on any atom is -0.353 e. The monoisotopic (exact) mass is 249 g/mol. The van der Waals surface area contributed by atoms with E-state index in [2.05, 4.69) is 25.3 Å². The average Bonchev–Trinajstić information content (AvgIpc) is 2.48. The molecule has 1 aromatic heterocycles. The summed E-state index contributed by atoms with van der Waals surface area (Å²) in [4.78, 5) is 6.34. The maximum Gasteiger partial charge on any atom is 0.204 e. The molecule has 0 amide bonds. The van der Waals surface area contributed by atoms with Crippen molar-refractivity contribution in [1.82, 2.24) is 9.36 Å². The first kappa shape index (κ1) is 9.92. The SMILES string of the molecule is CN(C)c1nc(CCCBr)ns1. The molecule has 0 saturated carbocycles. The zero-order valence-electron chi connectivity index (χ0n) is 7.25. The van der Waals surface area contributed by atoms with Gasteiger partial charge in [-0.15, -0.1) is 0 Å². The quantitative estimate of drug-likeness (QED) is 0.764. The van der Waals surface area contributed by atoms with Crippen molar-refractivity contribution in [3.8, 4) is 0 Å². The van der Waals surface area contributed by atoms with Crippen LogP contribution in [0.2, 0.25) is 0 Å². The third-order valence-corrected chi connectivity index (χ3v) is 2.86. The number of aryl methyl sites for hydroxylation is 1. The van der Waals surface area contributed by atoms with Crippen LogP contribution in [0.4, 0.5) is 5.13 Å². The lowest BCUT2D eigenvalue weighted by Crippen LogP contribution is -2.08. The molecule has 0 unspecified atom stereocenters. The molecular weight excluding hydrogens is 238 g/mol. The molecule has 12 heavy (non-hydrogen) atoms. The molecule has 0 aromatic carbocycles. The molecule has 0 aliphatic heterocycles. The summed E-state index contributed by atoms with van der Waals surface area (Å²) in [5.74, 6) is 0.961. The summed E-state index contributed by atoms with van der Waals surface area (Å²) >= 11 is 4.84. The maximum absolute atomic E-state index is 4.36. The Morgan fingerprint density at radius 3 is 2.75 bits per heavy atom. The number of halogens is 1. The van der Waals surface area contributed by atoms with Crippen molar-refractivity contribution in [3.63, 3.8) is 0 Å². The normalized spacial score (nSPS) is 10.2. The third-order valence-electron chi connectivity index (χ3n) is 1.37. The van der Waals surface area contributed by atoms with Crippen LogP contribution in [0.5, 0.6) is 0 Å². The topological polar surface area (TPSA) is 29.0 Å². The number of aromatic nitrogens is 2. The van der Waals surface area contributed by atoms with Gasteiger partial charge < -0.3 is 4.90 Å². The molecule has 0 bridgehead atoms. The van der Waals surface area contributed by atoms with Crippen LogP contribution in [0.15, 0.2) is 0 Å². The molecule has 0 saturated heterocycles. The van der Waals surface area contributed by atoms with Gasteiger partial charge in [0.05, 0.1) is 0 Å². The molecule has 0 spiro atoms. The molecule has 1 aromatic rings. The summed E-state index contributed by atoms with van der Waals surface area (Å²) in [5.41, 5.74) is 0. The lowest BCUT2D eigenvalue weighted by molar-refractivity contribution is 0.870. The van der Waals surface area contributed by atoms with Crippen LogP contribution in [-0.4, -0.2) is 28.8 Å². The number of hydrogen-bond donors (Lipinski definition) is 0. The van der Waals surface area contributed by atoms with Gasteiger partial charge in [-0.25, -0.2) is 4.98 Å². The summed E-state index contributed by atoms with van der Waals surface area (Å²) in [5, 5.41) is 2.00. The fourth-order valence-corrected chi connectivity index (χ4v) is 1.66. The largest absolute Gasteiger partial charge is 0.353 e. The molecule has 1 heterocycles. The molecule has 0 atom stereocenters. The molecule has 0 aliphatic rings. The first-order valence-electron chi connectivity index (χ1n) is 3.80. The number of alkyl halides is 1. The van der Waals surface area contributed by atoms with Crippen LogP contribution in [-0.2, 0) is 6.42 Å². The Morgan fingerprint density at radius 1 is 1.50 bits per heavy atom. The average molecular weight is 250 g/mol. The minimum atomic E-state index is 0.961. The summed E-state index contributed by atoms with van der Waals surface area (Å²) in [6.45, 7) is 0. The van der Waals surface area contributed by atoms with Gasteiger partial charge >= 0.3 is 0 Å². The van der Waals surface area contributed by atoms with Crippen molar-refractivity contribution in [2.24, 2.45) is 0 Å². The van der Waals surface area contributed by atoms with Crippen molar-refractivity contribution in [2.45, 2.75) is 12.8 Å². The predicted octanol–water partition coefficient (Wildman–Crippen LogP) is 1.93. The van der Waals surface area contributed by atoms with Crippen LogP contribution < -0.4 is 4.90 Å². The van der Waals surface area contributed by atoms with Crippen molar-refractivity contribution in [2.75, 3.05) is 24.3 Å². The van der Waals surface area contributed by atoms with Crippen LogP contribution in [0.1, 0.15) is 12.2 Å². The number of hydrogen-bond acceptors (Lipinski definition) is 4. The zero-order valence-corrected chi connectivity index (χ0v) is 9.65. The highest BCUT2D eigenvalue weighted by atomic mass is 79.9. The van der Waals surface area contributed by atoms with Gasteiger partial charge in [0.1, 0.15) is 5.82 Å². The lowest BCUT2D eigenvalue weighted by atomic mass is 10.3. The van der Waals surface area contributed by atoms with E-state index in [1.54, 1.807) is 0 Å². The van der Waals surface area contributed by atoms with Gasteiger partial charge in [0.15, 0.2) is 0 Å². The predicted molar refractivity (Wildman–Crippen MR) is 56.4 cm³/mol. The van der Waals surface area contributed by atoms with Gasteiger partial charge in [-0.05, 0) is 6.42 Å². The van der Waals surface area contributed by atoms with Gasteiger partial charge in [-0.3, -0.25) is 0 Å². The molecule has 5 heteroatoms. The first-order valence-corrected chi connectivity index (χ1v) is 5.69. The van der Waals surface area contributed by atoms with Gasteiger partial charge in [-0.2, -0.15) is 4.37 Å². The van der Waals surface area contributed by atoms with E-state index in [9.17, 15) is 0 Å².